The van der Waals surface area contributed by atoms with Gasteiger partial charge in [-0.1, -0.05) is 12.1 Å². The Balaban J connectivity index is 2.24. The van der Waals surface area contributed by atoms with Gasteiger partial charge in [-0.15, -0.1) is 0 Å². The van der Waals surface area contributed by atoms with E-state index in [1.54, 1.807) is 24.3 Å². The molecule has 2 N–H and O–H groups in total. The zero-order chi connectivity index (χ0) is 13.2. The number of allylic oxidation sites excluding steroid dienone is 2. The number of hydrogen-bond acceptors (Lipinski definition) is 3. The molecule has 0 unspecified atom stereocenters. The number of carbonyl (C=O) groups excluding carboxylic acids is 2. The molecular weight excluding hydrogens is 230 g/mol. The van der Waals surface area contributed by atoms with Crippen LogP contribution < -0.4 is 5.32 Å². The summed E-state index contributed by atoms with van der Waals surface area (Å²) in [4.78, 5) is 21.9. The highest BCUT2D eigenvalue weighted by Gasteiger charge is 2.25. The molecule has 1 aliphatic rings. The van der Waals surface area contributed by atoms with Gasteiger partial charge in [-0.05, 0) is 42.0 Å². The Bertz CT molecular complexity index is 525. The summed E-state index contributed by atoms with van der Waals surface area (Å²) in [5, 5.41) is 13.0. The Morgan fingerprint density at radius 3 is 2.22 bits per heavy atom. The summed E-state index contributed by atoms with van der Waals surface area (Å²) in [6.45, 7) is 1.43. The number of anilines is 1. The number of hydrogen-bond donors (Lipinski definition) is 2. The van der Waals surface area contributed by atoms with Crippen molar-refractivity contribution in [3.63, 3.8) is 0 Å². The van der Waals surface area contributed by atoms with Crippen molar-refractivity contribution < 1.29 is 14.7 Å². The molecule has 0 fully saturated rings. The van der Waals surface area contributed by atoms with Crippen LogP contribution in [0.5, 0.6) is 0 Å². The van der Waals surface area contributed by atoms with E-state index < -0.39 is 5.60 Å². The highest BCUT2D eigenvalue weighted by molar-refractivity contribution is 6.00. The molecule has 0 bridgehead atoms. The van der Waals surface area contributed by atoms with Crippen LogP contribution in [0.3, 0.4) is 0 Å². The first-order valence-corrected chi connectivity index (χ1v) is 5.52. The summed E-state index contributed by atoms with van der Waals surface area (Å²) in [5.74, 6) is -0.293. The third kappa shape index (κ3) is 2.55. The van der Waals surface area contributed by atoms with Gasteiger partial charge in [-0.2, -0.15) is 0 Å². The number of amides is 1. The van der Waals surface area contributed by atoms with Gasteiger partial charge in [0.1, 0.15) is 5.60 Å². The van der Waals surface area contributed by atoms with E-state index in [4.69, 9.17) is 0 Å². The molecule has 18 heavy (non-hydrogen) atoms. The van der Waals surface area contributed by atoms with Crippen LogP contribution in [0.2, 0.25) is 0 Å². The minimum Gasteiger partial charge on any atom is -0.377 e. The van der Waals surface area contributed by atoms with Crippen molar-refractivity contribution in [3.8, 4) is 0 Å². The zero-order valence-corrected chi connectivity index (χ0v) is 9.88. The van der Waals surface area contributed by atoms with E-state index in [9.17, 15) is 14.7 Å². The van der Waals surface area contributed by atoms with Gasteiger partial charge < -0.3 is 10.4 Å². The molecule has 1 amide bonds. The lowest BCUT2D eigenvalue weighted by Crippen LogP contribution is -2.22. The Morgan fingerprint density at radius 2 is 1.72 bits per heavy atom. The fourth-order valence-electron chi connectivity index (χ4n) is 1.75. The normalized spacial score (nSPS) is 16.7. The summed E-state index contributed by atoms with van der Waals surface area (Å²) in [6, 6.07) is 6.81. The summed E-state index contributed by atoms with van der Waals surface area (Å²) in [5.41, 5.74) is 0.0363. The van der Waals surface area contributed by atoms with Gasteiger partial charge in [0, 0.05) is 12.6 Å². The molecule has 0 aromatic heterocycles. The third-order valence-corrected chi connectivity index (χ3v) is 2.67. The first kappa shape index (κ1) is 12.3. The third-order valence-electron chi connectivity index (χ3n) is 2.67. The number of benzene rings is 1. The number of ketones is 1. The number of nitrogens with one attached hydrogen (secondary N) is 1. The SMILES string of the molecule is CC(=O)Nc1ccc(C2(O)C=CC(=O)C=C2)cc1. The van der Waals surface area contributed by atoms with Crippen molar-refractivity contribution in [2.75, 3.05) is 5.32 Å². The van der Waals surface area contributed by atoms with E-state index in [0.717, 1.165) is 0 Å². The van der Waals surface area contributed by atoms with Gasteiger partial charge in [-0.25, -0.2) is 0 Å². The fourth-order valence-corrected chi connectivity index (χ4v) is 1.75. The van der Waals surface area contributed by atoms with Crippen molar-refractivity contribution in [3.05, 3.63) is 54.1 Å². The lowest BCUT2D eigenvalue weighted by Gasteiger charge is -2.23. The minimum atomic E-state index is -1.26. The van der Waals surface area contributed by atoms with Crippen LogP contribution in [0.4, 0.5) is 5.69 Å². The maximum atomic E-state index is 11.0. The molecule has 0 radical (unpaired) electrons. The van der Waals surface area contributed by atoms with Crippen LogP contribution in [0.25, 0.3) is 0 Å². The molecule has 0 aliphatic heterocycles. The maximum Gasteiger partial charge on any atom is 0.221 e. The second-order valence-electron chi connectivity index (χ2n) is 4.15. The van der Waals surface area contributed by atoms with Crippen molar-refractivity contribution in [2.45, 2.75) is 12.5 Å². The standard InChI is InChI=1S/C14H13NO3/c1-10(16)15-12-4-2-11(3-5-12)14(18)8-6-13(17)7-9-14/h2-9,18H,1H3,(H,15,16). The molecule has 0 saturated carbocycles. The first-order valence-electron chi connectivity index (χ1n) is 5.52. The van der Waals surface area contributed by atoms with Gasteiger partial charge in [-0.3, -0.25) is 9.59 Å². The molecule has 1 aliphatic carbocycles. The molecule has 2 rings (SSSR count). The Kier molecular flexibility index (Phi) is 3.12. The maximum absolute atomic E-state index is 11.0. The molecule has 0 heterocycles. The fraction of sp³-hybridized carbons (Fsp3) is 0.143. The number of rotatable bonds is 2. The highest BCUT2D eigenvalue weighted by atomic mass is 16.3. The lowest BCUT2D eigenvalue weighted by molar-refractivity contribution is -0.114. The molecule has 0 saturated heterocycles. The molecule has 1 aromatic rings. The topological polar surface area (TPSA) is 66.4 Å². The lowest BCUT2D eigenvalue weighted by atomic mass is 9.89. The van der Waals surface area contributed by atoms with Crippen molar-refractivity contribution in [1.29, 1.82) is 0 Å². The molecular formula is C14H13NO3. The average Bonchev–Trinajstić information content (AvgIpc) is 2.33. The van der Waals surface area contributed by atoms with E-state index in [2.05, 4.69) is 5.32 Å². The van der Waals surface area contributed by atoms with E-state index in [1.165, 1.54) is 31.2 Å². The van der Waals surface area contributed by atoms with Crippen molar-refractivity contribution in [2.24, 2.45) is 0 Å². The molecule has 92 valence electrons. The van der Waals surface area contributed by atoms with Crippen molar-refractivity contribution >= 4 is 17.4 Å². The Labute approximate surface area is 105 Å². The Morgan fingerprint density at radius 1 is 1.17 bits per heavy atom. The van der Waals surface area contributed by atoms with Gasteiger partial charge in [0.05, 0.1) is 0 Å². The van der Waals surface area contributed by atoms with E-state index in [1.807, 2.05) is 0 Å². The van der Waals surface area contributed by atoms with Crippen LogP contribution >= 0.6 is 0 Å². The number of carbonyl (C=O) groups is 2. The van der Waals surface area contributed by atoms with Crippen LogP contribution in [-0.2, 0) is 15.2 Å². The van der Waals surface area contributed by atoms with E-state index in [0.29, 0.717) is 11.3 Å². The zero-order valence-electron chi connectivity index (χ0n) is 9.88. The summed E-state index contributed by atoms with van der Waals surface area (Å²) < 4.78 is 0. The summed E-state index contributed by atoms with van der Waals surface area (Å²) >= 11 is 0. The van der Waals surface area contributed by atoms with Gasteiger partial charge in [0.15, 0.2) is 5.78 Å². The average molecular weight is 243 g/mol. The second-order valence-corrected chi connectivity index (χ2v) is 4.15. The molecule has 4 heteroatoms. The van der Waals surface area contributed by atoms with E-state index in [-0.39, 0.29) is 11.7 Å². The second kappa shape index (κ2) is 4.58. The smallest absolute Gasteiger partial charge is 0.221 e. The summed E-state index contributed by atoms with van der Waals surface area (Å²) in [6.07, 6.45) is 5.56. The van der Waals surface area contributed by atoms with Crippen molar-refractivity contribution in [1.82, 2.24) is 0 Å². The van der Waals surface area contributed by atoms with E-state index >= 15 is 0 Å². The summed E-state index contributed by atoms with van der Waals surface area (Å²) in [7, 11) is 0. The van der Waals surface area contributed by atoms with Crippen LogP contribution in [0.1, 0.15) is 12.5 Å². The minimum absolute atomic E-state index is 0.144. The molecule has 0 spiro atoms. The predicted octanol–water partition coefficient (Wildman–Crippen LogP) is 1.53. The first-order chi connectivity index (χ1) is 8.49. The predicted molar refractivity (Wildman–Crippen MR) is 67.9 cm³/mol. The van der Waals surface area contributed by atoms with Crippen LogP contribution in [0, 0.1) is 0 Å². The molecule has 0 atom stereocenters. The largest absolute Gasteiger partial charge is 0.377 e. The number of aliphatic hydroxyl groups is 1. The van der Waals surface area contributed by atoms with Crippen LogP contribution in [-0.4, -0.2) is 16.8 Å². The van der Waals surface area contributed by atoms with Crippen LogP contribution in [0.15, 0.2) is 48.6 Å². The molecule has 4 nitrogen and oxygen atoms in total. The quantitative estimate of drug-likeness (QED) is 0.827. The highest BCUT2D eigenvalue weighted by Crippen LogP contribution is 2.27. The molecule has 1 aromatic carbocycles. The van der Waals surface area contributed by atoms with Gasteiger partial charge >= 0.3 is 0 Å². The Hall–Kier alpha value is -2.20. The van der Waals surface area contributed by atoms with Gasteiger partial charge in [0.25, 0.3) is 0 Å². The monoisotopic (exact) mass is 243 g/mol. The van der Waals surface area contributed by atoms with Gasteiger partial charge in [0.2, 0.25) is 5.91 Å².